The molecule has 0 aromatic carbocycles. The average Bonchev–Trinajstić information content (AvgIpc) is 2.75. The zero-order chi connectivity index (χ0) is 14.5. The molecule has 1 heterocycles. The number of carbonyl (C=O) groups excluding carboxylic acids is 2. The van der Waals surface area contributed by atoms with Gasteiger partial charge in [-0.1, -0.05) is 0 Å². The molecule has 0 saturated heterocycles. The number of H-pyrrole nitrogens is 1. The summed E-state index contributed by atoms with van der Waals surface area (Å²) in [5, 5.41) is 10.7. The number of anilines is 1. The highest BCUT2D eigenvalue weighted by Crippen LogP contribution is 2.01. The zero-order valence-electron chi connectivity index (χ0n) is 10.5. The summed E-state index contributed by atoms with van der Waals surface area (Å²) in [4.78, 5) is 26.6. The van der Waals surface area contributed by atoms with E-state index >= 15 is 0 Å². The number of nitrogens with one attached hydrogen (secondary N) is 3. The van der Waals surface area contributed by atoms with Gasteiger partial charge >= 0.3 is 0 Å². The molecule has 0 radical (unpaired) electrons. The predicted octanol–water partition coefficient (Wildman–Crippen LogP) is -1.32. The van der Waals surface area contributed by atoms with E-state index in [1.807, 2.05) is 0 Å². The van der Waals surface area contributed by atoms with Crippen LogP contribution in [0.5, 0.6) is 0 Å². The van der Waals surface area contributed by atoms with E-state index in [1.165, 1.54) is 13.3 Å². The van der Waals surface area contributed by atoms with Gasteiger partial charge in [-0.2, -0.15) is 10.1 Å². The van der Waals surface area contributed by atoms with Gasteiger partial charge in [0.1, 0.15) is 22.2 Å². The van der Waals surface area contributed by atoms with Crippen molar-refractivity contribution in [2.75, 3.05) is 17.3 Å². The van der Waals surface area contributed by atoms with E-state index in [1.54, 1.807) is 0 Å². The lowest BCUT2D eigenvalue weighted by Crippen LogP contribution is -2.44. The second-order valence-electron chi connectivity index (χ2n) is 3.99. The molecule has 0 saturated carbocycles. The maximum absolute atomic E-state index is 11.9. The molecule has 0 aliphatic carbocycles. The molecule has 106 valence electrons. The van der Waals surface area contributed by atoms with Gasteiger partial charge in [0.05, 0.1) is 5.75 Å². The molecule has 2 amide bonds. The summed E-state index contributed by atoms with van der Waals surface area (Å²) in [5.41, 5.74) is 0. The number of hydrogen-bond donors (Lipinski definition) is 3. The summed E-state index contributed by atoms with van der Waals surface area (Å²) in [6.45, 7) is 1.25. The fraction of sp³-hybridized carbons (Fsp3) is 0.556. The van der Waals surface area contributed by atoms with Crippen molar-refractivity contribution in [2.24, 2.45) is 0 Å². The van der Waals surface area contributed by atoms with Crippen LogP contribution in [0.25, 0.3) is 0 Å². The van der Waals surface area contributed by atoms with Crippen molar-refractivity contribution in [3.63, 3.8) is 0 Å². The quantitative estimate of drug-likeness (QED) is 0.595. The molecular weight excluding hydrogens is 274 g/mol. The lowest BCUT2D eigenvalue weighted by atomic mass is 10.2. The lowest BCUT2D eigenvalue weighted by molar-refractivity contribution is -0.125. The van der Waals surface area contributed by atoms with Gasteiger partial charge in [-0.25, -0.2) is 13.5 Å². The third kappa shape index (κ3) is 5.95. The monoisotopic (exact) mass is 289 g/mol. The minimum Gasteiger partial charge on any atom is -0.344 e. The molecule has 3 N–H and O–H groups in total. The normalized spacial score (nSPS) is 12.7. The summed E-state index contributed by atoms with van der Waals surface area (Å²) in [7, 11) is -3.22. The molecule has 1 aromatic heterocycles. The Hall–Kier alpha value is -1.97. The first-order chi connectivity index (χ1) is 8.78. The van der Waals surface area contributed by atoms with Crippen LogP contribution in [0.1, 0.15) is 13.3 Å². The number of aromatic amines is 1. The van der Waals surface area contributed by atoms with Crippen molar-refractivity contribution in [1.82, 2.24) is 20.5 Å². The topological polar surface area (TPSA) is 134 Å². The molecule has 1 aromatic rings. The summed E-state index contributed by atoms with van der Waals surface area (Å²) in [6.07, 6.45) is 2.25. The molecule has 9 nitrogen and oxygen atoms in total. The molecule has 0 aliphatic rings. The number of amides is 2. The number of hydrogen-bond acceptors (Lipinski definition) is 6. The fourth-order valence-electron chi connectivity index (χ4n) is 1.32. The van der Waals surface area contributed by atoms with Crippen molar-refractivity contribution in [3.05, 3.63) is 6.33 Å². The molecule has 0 spiro atoms. The Balaban J connectivity index is 2.67. The van der Waals surface area contributed by atoms with Crippen molar-refractivity contribution >= 4 is 27.6 Å². The predicted molar refractivity (Wildman–Crippen MR) is 66.9 cm³/mol. The Morgan fingerprint density at radius 1 is 1.47 bits per heavy atom. The molecule has 0 fully saturated rings. The molecule has 1 unspecified atom stereocenters. The first-order valence-corrected chi connectivity index (χ1v) is 7.45. The largest absolute Gasteiger partial charge is 0.344 e. The van der Waals surface area contributed by atoms with E-state index in [2.05, 4.69) is 25.8 Å². The van der Waals surface area contributed by atoms with E-state index in [0.29, 0.717) is 0 Å². The minimum atomic E-state index is -3.22. The highest BCUT2D eigenvalue weighted by molar-refractivity contribution is 7.90. The van der Waals surface area contributed by atoms with Crippen LogP contribution in [0.4, 0.5) is 5.95 Å². The third-order valence-corrected chi connectivity index (χ3v) is 3.11. The summed E-state index contributed by atoms with van der Waals surface area (Å²) in [6, 6.07) is -0.947. The Morgan fingerprint density at radius 2 is 2.16 bits per heavy atom. The average molecular weight is 289 g/mol. The van der Waals surface area contributed by atoms with Crippen molar-refractivity contribution in [1.29, 1.82) is 0 Å². The molecular formula is C9H15N5O4S. The Labute approximate surface area is 110 Å². The summed E-state index contributed by atoms with van der Waals surface area (Å²) >= 11 is 0. The van der Waals surface area contributed by atoms with Crippen LogP contribution in [-0.2, 0) is 19.4 Å². The van der Waals surface area contributed by atoms with Gasteiger partial charge in [0.2, 0.25) is 17.8 Å². The summed E-state index contributed by atoms with van der Waals surface area (Å²) < 4.78 is 22.2. The van der Waals surface area contributed by atoms with Crippen molar-refractivity contribution in [2.45, 2.75) is 19.4 Å². The fourth-order valence-corrected chi connectivity index (χ4v) is 1.98. The van der Waals surface area contributed by atoms with Crippen LogP contribution in [0, 0.1) is 0 Å². The van der Waals surface area contributed by atoms with E-state index < -0.39 is 27.7 Å². The zero-order valence-corrected chi connectivity index (χ0v) is 11.3. The lowest BCUT2D eigenvalue weighted by Gasteiger charge is -2.16. The van der Waals surface area contributed by atoms with E-state index in [0.717, 1.165) is 6.26 Å². The number of carbonyl (C=O) groups is 2. The number of nitrogens with zero attached hydrogens (tertiary/aromatic N) is 2. The van der Waals surface area contributed by atoms with Crippen LogP contribution in [0.2, 0.25) is 0 Å². The van der Waals surface area contributed by atoms with Gasteiger partial charge in [0.25, 0.3) is 0 Å². The molecule has 1 atom stereocenters. The highest BCUT2D eigenvalue weighted by atomic mass is 32.2. The maximum atomic E-state index is 11.9. The number of aromatic nitrogens is 3. The van der Waals surface area contributed by atoms with Crippen molar-refractivity contribution in [3.8, 4) is 0 Å². The van der Waals surface area contributed by atoms with E-state index in [9.17, 15) is 18.0 Å². The molecule has 0 bridgehead atoms. The first kappa shape index (κ1) is 15.1. The van der Waals surface area contributed by atoms with Gasteiger partial charge in [0.15, 0.2) is 0 Å². The Morgan fingerprint density at radius 3 is 2.63 bits per heavy atom. The van der Waals surface area contributed by atoms with Gasteiger partial charge in [-0.3, -0.25) is 14.9 Å². The van der Waals surface area contributed by atoms with Gasteiger partial charge < -0.3 is 5.32 Å². The number of sulfone groups is 1. The molecule has 1 rings (SSSR count). The maximum Gasteiger partial charge on any atom is 0.249 e. The van der Waals surface area contributed by atoms with Gasteiger partial charge in [-0.15, -0.1) is 0 Å². The van der Waals surface area contributed by atoms with Gasteiger partial charge in [0, 0.05) is 13.2 Å². The molecule has 10 heteroatoms. The highest BCUT2D eigenvalue weighted by Gasteiger charge is 2.21. The second-order valence-corrected chi connectivity index (χ2v) is 6.25. The summed E-state index contributed by atoms with van der Waals surface area (Å²) in [5.74, 6) is -1.07. The second kappa shape index (κ2) is 6.27. The molecule has 19 heavy (non-hydrogen) atoms. The Kier molecular flexibility index (Phi) is 4.98. The van der Waals surface area contributed by atoms with Crippen LogP contribution < -0.4 is 10.6 Å². The SMILES string of the molecule is CC(=O)NC(CCS(C)(=O)=O)C(=O)Nc1ncn[nH]1. The van der Waals surface area contributed by atoms with Crippen LogP contribution in [0.3, 0.4) is 0 Å². The third-order valence-electron chi connectivity index (χ3n) is 2.13. The Bertz CT molecular complexity index is 539. The smallest absolute Gasteiger partial charge is 0.249 e. The van der Waals surface area contributed by atoms with Crippen molar-refractivity contribution < 1.29 is 18.0 Å². The first-order valence-electron chi connectivity index (χ1n) is 5.39. The standard InChI is InChI=1S/C9H15N5O4S/c1-6(15)12-7(3-4-19(2,17)18)8(16)13-9-10-5-11-14-9/h5,7H,3-4H2,1-2H3,(H,12,15)(H2,10,11,13,14,16). The van der Waals surface area contributed by atoms with Crippen LogP contribution in [0.15, 0.2) is 6.33 Å². The van der Waals surface area contributed by atoms with E-state index in [4.69, 9.17) is 0 Å². The van der Waals surface area contributed by atoms with Gasteiger partial charge in [-0.05, 0) is 6.42 Å². The van der Waals surface area contributed by atoms with Crippen LogP contribution >= 0.6 is 0 Å². The van der Waals surface area contributed by atoms with E-state index in [-0.39, 0.29) is 18.1 Å². The number of rotatable bonds is 6. The molecule has 0 aliphatic heterocycles. The van der Waals surface area contributed by atoms with Crippen LogP contribution in [-0.4, -0.2) is 53.5 Å². The minimum absolute atomic E-state index is 0.0155.